The molecule has 0 saturated carbocycles. The van der Waals surface area contributed by atoms with Crippen LogP contribution in [0.3, 0.4) is 0 Å². The third-order valence-electron chi connectivity index (χ3n) is 5.14. The number of likely N-dealkylation sites (tertiary alicyclic amines) is 1. The van der Waals surface area contributed by atoms with Gasteiger partial charge in [0.1, 0.15) is 11.9 Å². The zero-order valence-electron chi connectivity index (χ0n) is 14.5. The summed E-state index contributed by atoms with van der Waals surface area (Å²) < 4.78 is 31.8. The molecule has 2 aliphatic heterocycles. The van der Waals surface area contributed by atoms with E-state index in [1.165, 1.54) is 0 Å². The van der Waals surface area contributed by atoms with Crippen molar-refractivity contribution in [1.29, 1.82) is 0 Å². The number of benzene rings is 2. The van der Waals surface area contributed by atoms with Gasteiger partial charge >= 0.3 is 0 Å². The number of ether oxygens (including phenoxy) is 1. The lowest BCUT2D eigenvalue weighted by Gasteiger charge is -2.29. The molecule has 0 spiro atoms. The van der Waals surface area contributed by atoms with Crippen molar-refractivity contribution in [3.63, 3.8) is 0 Å². The van der Waals surface area contributed by atoms with E-state index < -0.39 is 9.84 Å². The van der Waals surface area contributed by atoms with Gasteiger partial charge in [-0.15, -0.1) is 0 Å². The summed E-state index contributed by atoms with van der Waals surface area (Å²) in [5.41, 5.74) is 1.05. The van der Waals surface area contributed by atoms with Crippen molar-refractivity contribution in [3.05, 3.63) is 54.1 Å². The minimum Gasteiger partial charge on any atom is -0.489 e. The minimum atomic E-state index is -3.54. The number of rotatable bonds is 4. The van der Waals surface area contributed by atoms with Crippen LogP contribution < -0.4 is 4.74 Å². The topological polar surface area (TPSA) is 66.8 Å². The van der Waals surface area contributed by atoms with Gasteiger partial charge in [0, 0.05) is 19.6 Å². The van der Waals surface area contributed by atoms with Crippen molar-refractivity contribution in [2.75, 3.05) is 19.6 Å². The van der Waals surface area contributed by atoms with Gasteiger partial charge < -0.3 is 9.84 Å². The predicted octanol–water partition coefficient (Wildman–Crippen LogP) is 2.28. The number of aliphatic hydroxyl groups is 1. The Morgan fingerprint density at radius 1 is 1.08 bits per heavy atom. The van der Waals surface area contributed by atoms with Crippen LogP contribution in [0.15, 0.2) is 58.3 Å². The van der Waals surface area contributed by atoms with Crippen molar-refractivity contribution < 1.29 is 18.3 Å². The number of fused-ring (bicyclic) bond motifs is 1. The molecule has 2 atom stereocenters. The fraction of sp³-hybridized carbons (Fsp3) is 0.400. The maximum Gasteiger partial charge on any atom is 0.206 e. The number of aliphatic hydroxyl groups excluding tert-OH is 1. The molecule has 4 rings (SSSR count). The summed E-state index contributed by atoms with van der Waals surface area (Å²) in [4.78, 5) is 2.77. The molecule has 0 unspecified atom stereocenters. The summed E-state index contributed by atoms with van der Waals surface area (Å²) in [6.07, 6.45) is 2.38. The molecule has 1 fully saturated rings. The molecule has 2 aromatic carbocycles. The van der Waals surface area contributed by atoms with E-state index in [0.29, 0.717) is 17.2 Å². The molecular formula is C20H23NO4S. The molecule has 1 saturated heterocycles. The first-order chi connectivity index (χ1) is 12.5. The van der Waals surface area contributed by atoms with Crippen LogP contribution in [0.2, 0.25) is 0 Å². The van der Waals surface area contributed by atoms with Crippen LogP contribution in [-0.2, 0) is 16.3 Å². The van der Waals surface area contributed by atoms with E-state index in [0.717, 1.165) is 37.9 Å². The highest BCUT2D eigenvalue weighted by Gasteiger charge is 2.28. The quantitative estimate of drug-likeness (QED) is 0.891. The van der Waals surface area contributed by atoms with Gasteiger partial charge in [0.25, 0.3) is 0 Å². The van der Waals surface area contributed by atoms with Crippen LogP contribution in [-0.4, -0.2) is 50.3 Å². The first kappa shape index (κ1) is 17.5. The molecule has 2 aliphatic rings. The maximum atomic E-state index is 12.8. The summed E-state index contributed by atoms with van der Waals surface area (Å²) >= 11 is 0. The third kappa shape index (κ3) is 3.49. The van der Waals surface area contributed by atoms with Crippen molar-refractivity contribution in [2.45, 2.75) is 41.3 Å². The van der Waals surface area contributed by atoms with Crippen molar-refractivity contribution in [2.24, 2.45) is 0 Å². The van der Waals surface area contributed by atoms with Gasteiger partial charge in [0.2, 0.25) is 9.84 Å². The second kappa shape index (κ2) is 7.02. The van der Waals surface area contributed by atoms with Crippen LogP contribution in [0.1, 0.15) is 18.4 Å². The Kier molecular flexibility index (Phi) is 4.73. The SMILES string of the molecule is O=S(=O)(c1ccccc1)c1ccc2c(c1)O[C@@H](CN1CC[C@H](O)C1)CC2. The normalized spacial score (nSPS) is 23.4. The van der Waals surface area contributed by atoms with Crippen LogP contribution in [0.5, 0.6) is 5.75 Å². The largest absolute Gasteiger partial charge is 0.489 e. The molecular weight excluding hydrogens is 350 g/mol. The Balaban J connectivity index is 1.54. The first-order valence-electron chi connectivity index (χ1n) is 9.02. The lowest BCUT2D eigenvalue weighted by atomic mass is 10.0. The molecule has 5 nitrogen and oxygen atoms in total. The number of sulfone groups is 1. The Labute approximate surface area is 154 Å². The lowest BCUT2D eigenvalue weighted by Crippen LogP contribution is -2.36. The molecule has 0 aromatic heterocycles. The van der Waals surface area contributed by atoms with Gasteiger partial charge in [0.05, 0.1) is 15.9 Å². The summed E-state index contributed by atoms with van der Waals surface area (Å²) in [6.45, 7) is 2.34. The van der Waals surface area contributed by atoms with Gasteiger partial charge in [-0.25, -0.2) is 8.42 Å². The van der Waals surface area contributed by atoms with Gasteiger partial charge in [-0.3, -0.25) is 4.90 Å². The Morgan fingerprint density at radius 2 is 1.88 bits per heavy atom. The number of aryl methyl sites for hydroxylation is 1. The highest BCUT2D eigenvalue weighted by atomic mass is 32.2. The predicted molar refractivity (Wildman–Crippen MR) is 98.1 cm³/mol. The lowest BCUT2D eigenvalue weighted by molar-refractivity contribution is 0.114. The summed E-state index contributed by atoms with van der Waals surface area (Å²) in [6, 6.07) is 13.7. The van der Waals surface area contributed by atoms with E-state index in [2.05, 4.69) is 4.90 Å². The van der Waals surface area contributed by atoms with Gasteiger partial charge in [-0.05, 0) is 49.1 Å². The Bertz CT molecular complexity index is 882. The van der Waals surface area contributed by atoms with Crippen LogP contribution in [0.4, 0.5) is 0 Å². The standard InChI is InChI=1S/C20H23NO4S/c22-16-10-11-21(13-16)14-17-8-6-15-7-9-19(12-20(15)25-17)26(23,24)18-4-2-1-3-5-18/h1-5,7,9,12,16-17,22H,6,8,10-11,13-14H2/t16-,17+/m0/s1. The van der Waals surface area contributed by atoms with E-state index >= 15 is 0 Å². The zero-order chi connectivity index (χ0) is 18.1. The smallest absolute Gasteiger partial charge is 0.206 e. The van der Waals surface area contributed by atoms with E-state index in [9.17, 15) is 13.5 Å². The summed E-state index contributed by atoms with van der Waals surface area (Å²) in [7, 11) is -3.54. The van der Waals surface area contributed by atoms with Gasteiger partial charge in [0.15, 0.2) is 0 Å². The molecule has 0 amide bonds. The summed E-state index contributed by atoms with van der Waals surface area (Å²) in [5.74, 6) is 0.665. The van der Waals surface area contributed by atoms with Crippen molar-refractivity contribution >= 4 is 9.84 Å². The van der Waals surface area contributed by atoms with Crippen molar-refractivity contribution in [1.82, 2.24) is 4.90 Å². The molecule has 1 N–H and O–H groups in total. The monoisotopic (exact) mass is 373 g/mol. The zero-order valence-corrected chi connectivity index (χ0v) is 15.4. The first-order valence-corrected chi connectivity index (χ1v) is 10.5. The van der Waals surface area contributed by atoms with E-state index in [-0.39, 0.29) is 17.1 Å². The third-order valence-corrected chi connectivity index (χ3v) is 6.91. The van der Waals surface area contributed by atoms with E-state index in [1.807, 2.05) is 6.07 Å². The van der Waals surface area contributed by atoms with Crippen LogP contribution in [0.25, 0.3) is 0 Å². The van der Waals surface area contributed by atoms with Crippen LogP contribution in [0, 0.1) is 0 Å². The van der Waals surface area contributed by atoms with Gasteiger partial charge in [-0.2, -0.15) is 0 Å². The highest BCUT2D eigenvalue weighted by Crippen LogP contribution is 2.32. The molecule has 0 radical (unpaired) electrons. The van der Waals surface area contributed by atoms with Crippen LogP contribution >= 0.6 is 0 Å². The van der Waals surface area contributed by atoms with E-state index in [4.69, 9.17) is 4.74 Å². The molecule has 0 aliphatic carbocycles. The maximum absolute atomic E-state index is 12.8. The highest BCUT2D eigenvalue weighted by molar-refractivity contribution is 7.91. The second-order valence-electron chi connectivity index (χ2n) is 7.07. The summed E-state index contributed by atoms with van der Waals surface area (Å²) in [5, 5.41) is 9.67. The molecule has 138 valence electrons. The van der Waals surface area contributed by atoms with Gasteiger partial charge in [-0.1, -0.05) is 24.3 Å². The number of nitrogens with zero attached hydrogens (tertiary/aromatic N) is 1. The Morgan fingerprint density at radius 3 is 2.62 bits per heavy atom. The van der Waals surface area contributed by atoms with E-state index in [1.54, 1.807) is 42.5 Å². The van der Waals surface area contributed by atoms with Crippen molar-refractivity contribution in [3.8, 4) is 5.75 Å². The molecule has 6 heteroatoms. The fourth-order valence-electron chi connectivity index (χ4n) is 3.70. The number of β-amino-alcohol motifs (C(OH)–C–C–N with tert-alkyl or cyclic N) is 1. The number of hydrogen-bond donors (Lipinski definition) is 1. The number of hydrogen-bond acceptors (Lipinski definition) is 5. The fourth-order valence-corrected chi connectivity index (χ4v) is 5.00. The average molecular weight is 373 g/mol. The molecule has 26 heavy (non-hydrogen) atoms. The minimum absolute atomic E-state index is 0.0301. The average Bonchev–Trinajstić information content (AvgIpc) is 3.06. The molecule has 0 bridgehead atoms. The second-order valence-corrected chi connectivity index (χ2v) is 9.02. The Hall–Kier alpha value is -1.89. The molecule has 2 heterocycles. The molecule has 2 aromatic rings.